The van der Waals surface area contributed by atoms with Crippen molar-refractivity contribution >= 4 is 23.1 Å². The Bertz CT molecular complexity index is 1440. The van der Waals surface area contributed by atoms with E-state index >= 15 is 0 Å². The number of rotatable bonds is 1. The van der Waals surface area contributed by atoms with Crippen molar-refractivity contribution in [2.24, 2.45) is 14.1 Å². The molecule has 1 N–H and O–H groups in total. The standard InChI is InChI=1S/C26H34N8O/c1-14(2)34-12-23-19(16(4)30-32(23)7)9-10-21-20-11-22(27-18(6)25(20)29-28-21)24-17(5)31-33(8)26(24)35-13-15(34)3/h9-11,14-15H,12-13H2,1-8H3,(H,28,29)/b10-9+/t15-/m1/s1. The van der Waals surface area contributed by atoms with Gasteiger partial charge in [-0.2, -0.15) is 15.3 Å². The first kappa shape index (κ1) is 23.3. The number of ether oxygens (including phenoxy) is 1. The first-order valence-corrected chi connectivity index (χ1v) is 12.1. The number of nitrogens with one attached hydrogen (secondary N) is 1. The number of H-pyrrole nitrogens is 1. The summed E-state index contributed by atoms with van der Waals surface area (Å²) in [7, 11) is 3.94. The Hall–Kier alpha value is -3.46. The molecular formula is C26H34N8O. The fourth-order valence-corrected chi connectivity index (χ4v) is 5.15. The molecule has 4 aromatic rings. The second kappa shape index (κ2) is 8.64. The number of aromatic amines is 1. The van der Waals surface area contributed by atoms with Gasteiger partial charge in [0.2, 0.25) is 5.88 Å². The molecule has 0 aromatic carbocycles. The van der Waals surface area contributed by atoms with Crippen molar-refractivity contribution in [3.05, 3.63) is 40.1 Å². The second-order valence-electron chi connectivity index (χ2n) is 9.84. The smallest absolute Gasteiger partial charge is 0.221 e. The summed E-state index contributed by atoms with van der Waals surface area (Å²) in [5.41, 5.74) is 8.64. The number of hydrogen-bond donors (Lipinski definition) is 1. The van der Waals surface area contributed by atoms with Crippen molar-refractivity contribution in [2.45, 2.75) is 60.2 Å². The molecular weight excluding hydrogens is 440 g/mol. The van der Waals surface area contributed by atoms with Gasteiger partial charge in [-0.3, -0.25) is 19.7 Å². The molecule has 35 heavy (non-hydrogen) atoms. The van der Waals surface area contributed by atoms with E-state index in [0.717, 1.165) is 62.9 Å². The van der Waals surface area contributed by atoms with Crippen LogP contribution in [0.1, 0.15) is 54.8 Å². The number of aryl methyl sites for hydroxylation is 5. The minimum absolute atomic E-state index is 0.171. The number of aromatic nitrogens is 7. The molecule has 9 nitrogen and oxygen atoms in total. The lowest BCUT2D eigenvalue weighted by atomic mass is 10.1. The van der Waals surface area contributed by atoms with E-state index in [1.807, 2.05) is 37.3 Å². The fourth-order valence-electron chi connectivity index (χ4n) is 5.15. The predicted molar refractivity (Wildman–Crippen MR) is 138 cm³/mol. The molecule has 0 fully saturated rings. The highest BCUT2D eigenvalue weighted by atomic mass is 16.5. The van der Waals surface area contributed by atoms with Gasteiger partial charge >= 0.3 is 0 Å². The third kappa shape index (κ3) is 3.93. The summed E-state index contributed by atoms with van der Waals surface area (Å²) in [6.07, 6.45) is 4.25. The van der Waals surface area contributed by atoms with Crippen LogP contribution in [0.25, 0.3) is 34.3 Å². The SMILES string of the molecule is Cc1nn(C)c2c1/C=C/c1[nH]nc3c(C)nc(cc13)-c1c(C)nn(C)c1OC[C@@H](C)N(C(C)C)C2. The molecule has 5 rings (SSSR count). The van der Waals surface area contributed by atoms with Gasteiger partial charge in [0.1, 0.15) is 12.1 Å². The van der Waals surface area contributed by atoms with Crippen LogP contribution in [0.15, 0.2) is 6.07 Å². The Kier molecular flexibility index (Phi) is 5.75. The Morgan fingerprint density at radius 2 is 1.77 bits per heavy atom. The Morgan fingerprint density at radius 1 is 1.03 bits per heavy atom. The maximum atomic E-state index is 6.48. The molecule has 4 aromatic heterocycles. The van der Waals surface area contributed by atoms with Crippen LogP contribution in [0.5, 0.6) is 5.88 Å². The molecule has 0 saturated heterocycles. The van der Waals surface area contributed by atoms with Crippen LogP contribution in [0.2, 0.25) is 0 Å². The molecule has 5 heterocycles. The van der Waals surface area contributed by atoms with E-state index in [-0.39, 0.29) is 6.04 Å². The zero-order chi connectivity index (χ0) is 25.0. The molecule has 0 saturated carbocycles. The molecule has 1 aliphatic rings. The molecule has 184 valence electrons. The molecule has 1 atom stereocenters. The summed E-state index contributed by atoms with van der Waals surface area (Å²) in [6.45, 7) is 14.0. The molecule has 1 aliphatic heterocycles. The van der Waals surface area contributed by atoms with Gasteiger partial charge in [-0.15, -0.1) is 0 Å². The molecule has 0 amide bonds. The Labute approximate surface area is 205 Å². The van der Waals surface area contributed by atoms with Gasteiger partial charge in [0.15, 0.2) is 0 Å². The topological polar surface area (TPSA) is 89.7 Å². The van der Waals surface area contributed by atoms with Crippen molar-refractivity contribution in [3.8, 4) is 17.1 Å². The van der Waals surface area contributed by atoms with Crippen molar-refractivity contribution in [1.82, 2.24) is 39.6 Å². The quantitative estimate of drug-likeness (QED) is 0.445. The molecule has 0 spiro atoms. The first-order chi connectivity index (χ1) is 16.7. The highest BCUT2D eigenvalue weighted by molar-refractivity contribution is 5.93. The number of fused-ring (bicyclic) bond motifs is 4. The van der Waals surface area contributed by atoms with Crippen molar-refractivity contribution in [2.75, 3.05) is 6.61 Å². The summed E-state index contributed by atoms with van der Waals surface area (Å²) in [5, 5.41) is 18.2. The van der Waals surface area contributed by atoms with E-state index < -0.39 is 0 Å². The molecule has 9 heteroatoms. The normalized spacial score (nSPS) is 17.8. The zero-order valence-corrected chi connectivity index (χ0v) is 21.8. The maximum Gasteiger partial charge on any atom is 0.221 e. The Balaban J connectivity index is 1.75. The van der Waals surface area contributed by atoms with Gasteiger partial charge in [0, 0.05) is 43.7 Å². The third-order valence-electron chi connectivity index (χ3n) is 7.00. The molecule has 0 aliphatic carbocycles. The van der Waals surface area contributed by atoms with Gasteiger partial charge in [-0.1, -0.05) is 0 Å². The van der Waals surface area contributed by atoms with Gasteiger partial charge in [-0.25, -0.2) is 4.68 Å². The lowest BCUT2D eigenvalue weighted by Gasteiger charge is -2.32. The maximum absolute atomic E-state index is 6.48. The number of hydrogen-bond acceptors (Lipinski definition) is 6. The van der Waals surface area contributed by atoms with Crippen LogP contribution < -0.4 is 4.74 Å². The van der Waals surface area contributed by atoms with Gasteiger partial charge in [0.05, 0.1) is 39.7 Å². The van der Waals surface area contributed by atoms with E-state index in [9.17, 15) is 0 Å². The second-order valence-corrected chi connectivity index (χ2v) is 9.84. The monoisotopic (exact) mass is 474 g/mol. The summed E-state index contributed by atoms with van der Waals surface area (Å²) in [5.74, 6) is 0.733. The molecule has 0 unspecified atom stereocenters. The van der Waals surface area contributed by atoms with E-state index in [1.54, 1.807) is 0 Å². The fraction of sp³-hybridized carbons (Fsp3) is 0.462. The van der Waals surface area contributed by atoms with Gasteiger partial charge in [0.25, 0.3) is 0 Å². The number of pyridine rings is 1. The minimum Gasteiger partial charge on any atom is -0.476 e. The van der Waals surface area contributed by atoms with Gasteiger partial charge in [-0.05, 0) is 59.8 Å². The van der Waals surface area contributed by atoms with Crippen molar-refractivity contribution in [3.63, 3.8) is 0 Å². The lowest BCUT2D eigenvalue weighted by molar-refractivity contribution is 0.102. The molecule has 2 bridgehead atoms. The average Bonchev–Trinajstić information content (AvgIpc) is 3.40. The average molecular weight is 475 g/mol. The highest BCUT2D eigenvalue weighted by Crippen LogP contribution is 2.35. The summed E-state index contributed by atoms with van der Waals surface area (Å²) >= 11 is 0. The number of nitrogens with zero attached hydrogens (tertiary/aromatic N) is 7. The largest absolute Gasteiger partial charge is 0.476 e. The van der Waals surface area contributed by atoms with E-state index in [0.29, 0.717) is 12.6 Å². The first-order valence-electron chi connectivity index (χ1n) is 12.1. The van der Waals surface area contributed by atoms with Crippen LogP contribution in [0, 0.1) is 20.8 Å². The lowest BCUT2D eigenvalue weighted by Crippen LogP contribution is -2.42. The van der Waals surface area contributed by atoms with Crippen LogP contribution in [0.4, 0.5) is 0 Å². The minimum atomic E-state index is 0.171. The summed E-state index contributed by atoms with van der Waals surface area (Å²) < 4.78 is 10.3. The van der Waals surface area contributed by atoms with Crippen LogP contribution in [0.3, 0.4) is 0 Å². The third-order valence-corrected chi connectivity index (χ3v) is 7.00. The van der Waals surface area contributed by atoms with Gasteiger partial charge < -0.3 is 4.74 Å². The van der Waals surface area contributed by atoms with Crippen molar-refractivity contribution < 1.29 is 4.74 Å². The van der Waals surface area contributed by atoms with E-state index in [1.165, 1.54) is 5.69 Å². The van der Waals surface area contributed by atoms with Crippen LogP contribution in [-0.2, 0) is 20.6 Å². The summed E-state index contributed by atoms with van der Waals surface area (Å²) in [6, 6.07) is 2.59. The van der Waals surface area contributed by atoms with E-state index in [4.69, 9.17) is 14.8 Å². The zero-order valence-electron chi connectivity index (χ0n) is 21.8. The van der Waals surface area contributed by atoms with E-state index in [2.05, 4.69) is 66.1 Å². The van der Waals surface area contributed by atoms with Crippen LogP contribution in [-0.4, -0.2) is 58.3 Å². The van der Waals surface area contributed by atoms with Crippen LogP contribution >= 0.6 is 0 Å². The predicted octanol–water partition coefficient (Wildman–Crippen LogP) is 4.18. The van der Waals surface area contributed by atoms with Crippen molar-refractivity contribution in [1.29, 1.82) is 0 Å². The summed E-state index contributed by atoms with van der Waals surface area (Å²) in [4.78, 5) is 7.34. The highest BCUT2D eigenvalue weighted by Gasteiger charge is 2.25. The molecule has 0 radical (unpaired) electrons. The Morgan fingerprint density at radius 3 is 2.51 bits per heavy atom.